The number of hydrogen-bond acceptors (Lipinski definition) is 3. The first kappa shape index (κ1) is 38.4. The largest absolute Gasteiger partial charge is 0.368 e. The Labute approximate surface area is 248 Å². The van der Waals surface area contributed by atoms with Crippen LogP contribution >= 0.6 is 0 Å². The van der Waals surface area contributed by atoms with Crippen LogP contribution in [0.25, 0.3) is 0 Å². The van der Waals surface area contributed by atoms with Gasteiger partial charge in [-0.2, -0.15) is 0 Å². The Balaban J connectivity index is 3.66. The summed E-state index contributed by atoms with van der Waals surface area (Å²) in [6.07, 6.45) is 32.6. The van der Waals surface area contributed by atoms with Crippen LogP contribution in [-0.2, 0) is 14.4 Å². The van der Waals surface area contributed by atoms with Crippen molar-refractivity contribution >= 4 is 17.7 Å². The van der Waals surface area contributed by atoms with Crippen molar-refractivity contribution in [3.8, 4) is 0 Å². The van der Waals surface area contributed by atoms with E-state index in [1.54, 1.807) is 0 Å². The van der Waals surface area contributed by atoms with Gasteiger partial charge in [-0.05, 0) is 12.8 Å². The predicted octanol–water partition coefficient (Wildman–Crippen LogP) is 8.65. The SMILES string of the molecule is CCCCCCCCCCCCCCCC(=O)NCC(=O)NC(CCCCCCCCCCCCCC)C(N)=O. The maximum absolute atomic E-state index is 12.2. The van der Waals surface area contributed by atoms with Crippen molar-refractivity contribution in [3.05, 3.63) is 0 Å². The highest BCUT2D eigenvalue weighted by Gasteiger charge is 2.17. The molecule has 0 saturated carbocycles. The van der Waals surface area contributed by atoms with Crippen LogP contribution in [0.3, 0.4) is 0 Å². The summed E-state index contributed by atoms with van der Waals surface area (Å²) in [7, 11) is 0. The Morgan fingerprint density at radius 1 is 0.500 bits per heavy atom. The molecule has 6 nitrogen and oxygen atoms in total. The Morgan fingerprint density at radius 3 is 1.23 bits per heavy atom. The van der Waals surface area contributed by atoms with E-state index in [1.807, 2.05) is 0 Å². The minimum Gasteiger partial charge on any atom is -0.368 e. The molecule has 1 unspecified atom stereocenters. The predicted molar refractivity (Wildman–Crippen MR) is 170 cm³/mol. The molecule has 0 spiro atoms. The highest BCUT2D eigenvalue weighted by molar-refractivity contribution is 5.89. The number of primary amides is 1. The Bertz CT molecular complexity index is 597. The van der Waals surface area contributed by atoms with Crippen LogP contribution in [-0.4, -0.2) is 30.3 Å². The number of nitrogens with one attached hydrogen (secondary N) is 2. The monoisotopic (exact) mass is 566 g/mol. The molecule has 0 aliphatic heterocycles. The third-order valence-electron chi connectivity index (χ3n) is 7.98. The molecule has 0 fully saturated rings. The summed E-state index contributed by atoms with van der Waals surface area (Å²) >= 11 is 0. The van der Waals surface area contributed by atoms with E-state index in [9.17, 15) is 14.4 Å². The van der Waals surface area contributed by atoms with Crippen molar-refractivity contribution < 1.29 is 14.4 Å². The van der Waals surface area contributed by atoms with Gasteiger partial charge in [-0.25, -0.2) is 0 Å². The second-order valence-electron chi connectivity index (χ2n) is 12.0. The van der Waals surface area contributed by atoms with Crippen LogP contribution in [0.5, 0.6) is 0 Å². The van der Waals surface area contributed by atoms with Crippen molar-refractivity contribution in [2.24, 2.45) is 5.73 Å². The second-order valence-corrected chi connectivity index (χ2v) is 12.0. The molecule has 0 aromatic heterocycles. The molecule has 0 aromatic rings. The Kier molecular flexibility index (Phi) is 29.2. The van der Waals surface area contributed by atoms with Crippen molar-refractivity contribution in [1.29, 1.82) is 0 Å². The topological polar surface area (TPSA) is 101 Å². The molecule has 0 saturated heterocycles. The normalized spacial score (nSPS) is 11.8. The average molecular weight is 566 g/mol. The molecule has 6 heteroatoms. The first-order valence-electron chi connectivity index (χ1n) is 17.4. The molecular weight excluding hydrogens is 498 g/mol. The third-order valence-corrected chi connectivity index (χ3v) is 7.98. The number of unbranched alkanes of at least 4 members (excludes halogenated alkanes) is 23. The standard InChI is InChI=1S/C34H67N3O3/c1-3-5-7-9-11-13-15-17-19-21-23-25-27-29-32(38)36-30-33(39)37-31(34(35)40)28-26-24-22-20-18-16-14-12-10-8-6-4-2/h31H,3-30H2,1-2H3,(H2,35,40)(H,36,38)(H,37,39). The Hall–Kier alpha value is -1.59. The summed E-state index contributed by atoms with van der Waals surface area (Å²) in [5, 5.41) is 5.38. The minimum absolute atomic E-state index is 0.0977. The summed E-state index contributed by atoms with van der Waals surface area (Å²) in [5.41, 5.74) is 5.50. The first-order chi connectivity index (χ1) is 19.5. The van der Waals surface area contributed by atoms with E-state index < -0.39 is 11.9 Å². The van der Waals surface area contributed by atoms with E-state index in [4.69, 9.17) is 5.73 Å². The lowest BCUT2D eigenvalue weighted by molar-refractivity contribution is -0.128. The molecule has 0 rings (SSSR count). The van der Waals surface area contributed by atoms with Crippen molar-refractivity contribution in [1.82, 2.24) is 10.6 Å². The highest BCUT2D eigenvalue weighted by Crippen LogP contribution is 2.14. The van der Waals surface area contributed by atoms with Gasteiger partial charge in [-0.1, -0.05) is 168 Å². The number of hydrogen-bond donors (Lipinski definition) is 3. The van der Waals surface area contributed by atoms with E-state index in [0.717, 1.165) is 32.1 Å². The number of amides is 3. The third kappa shape index (κ3) is 28.0. The fourth-order valence-electron chi connectivity index (χ4n) is 5.29. The number of nitrogens with two attached hydrogens (primary N) is 1. The van der Waals surface area contributed by atoms with Crippen LogP contribution in [0.4, 0.5) is 0 Å². The quantitative estimate of drug-likeness (QED) is 0.0733. The summed E-state index contributed by atoms with van der Waals surface area (Å²) < 4.78 is 0. The van der Waals surface area contributed by atoms with Crippen molar-refractivity contribution in [2.75, 3.05) is 6.54 Å². The highest BCUT2D eigenvalue weighted by atomic mass is 16.2. The zero-order valence-corrected chi connectivity index (χ0v) is 26.7. The molecule has 3 amide bonds. The average Bonchev–Trinajstić information content (AvgIpc) is 2.94. The van der Waals surface area contributed by atoms with Gasteiger partial charge in [-0.15, -0.1) is 0 Å². The zero-order valence-electron chi connectivity index (χ0n) is 26.7. The number of rotatable bonds is 31. The maximum atomic E-state index is 12.2. The molecule has 40 heavy (non-hydrogen) atoms. The van der Waals surface area contributed by atoms with Crippen LogP contribution < -0.4 is 16.4 Å². The van der Waals surface area contributed by atoms with Crippen LogP contribution in [0.1, 0.15) is 187 Å². The van der Waals surface area contributed by atoms with Gasteiger partial charge in [0.1, 0.15) is 6.04 Å². The molecule has 0 aromatic carbocycles. The van der Waals surface area contributed by atoms with Crippen LogP contribution in [0.15, 0.2) is 0 Å². The van der Waals surface area contributed by atoms with Gasteiger partial charge in [0.15, 0.2) is 0 Å². The van der Waals surface area contributed by atoms with Gasteiger partial charge in [0.2, 0.25) is 17.7 Å². The lowest BCUT2D eigenvalue weighted by atomic mass is 10.0. The molecule has 0 radical (unpaired) electrons. The lowest BCUT2D eigenvalue weighted by Gasteiger charge is -2.15. The molecule has 0 aliphatic carbocycles. The van der Waals surface area contributed by atoms with Crippen LogP contribution in [0, 0.1) is 0 Å². The fourth-order valence-corrected chi connectivity index (χ4v) is 5.29. The van der Waals surface area contributed by atoms with Crippen LogP contribution in [0.2, 0.25) is 0 Å². The van der Waals surface area contributed by atoms with E-state index in [2.05, 4.69) is 24.5 Å². The van der Waals surface area contributed by atoms with Gasteiger partial charge >= 0.3 is 0 Å². The summed E-state index contributed by atoms with van der Waals surface area (Å²) in [6, 6.07) is -0.659. The number of carbonyl (C=O) groups is 3. The van der Waals surface area contributed by atoms with Gasteiger partial charge in [0.05, 0.1) is 6.54 Å². The zero-order chi connectivity index (χ0) is 29.5. The first-order valence-corrected chi connectivity index (χ1v) is 17.4. The van der Waals surface area contributed by atoms with Gasteiger partial charge < -0.3 is 16.4 Å². The molecule has 1 atom stereocenters. The Morgan fingerprint density at radius 2 is 0.850 bits per heavy atom. The molecule has 0 heterocycles. The number of carbonyl (C=O) groups excluding carboxylic acids is 3. The molecular formula is C34H67N3O3. The summed E-state index contributed by atoms with van der Waals surface area (Å²) in [4.78, 5) is 36.1. The maximum Gasteiger partial charge on any atom is 0.240 e. The van der Waals surface area contributed by atoms with Crippen molar-refractivity contribution in [2.45, 2.75) is 193 Å². The molecule has 0 aliphatic rings. The lowest BCUT2D eigenvalue weighted by Crippen LogP contribution is -2.47. The fraction of sp³-hybridized carbons (Fsp3) is 0.912. The smallest absolute Gasteiger partial charge is 0.240 e. The van der Waals surface area contributed by atoms with Crippen molar-refractivity contribution in [3.63, 3.8) is 0 Å². The van der Waals surface area contributed by atoms with Gasteiger partial charge in [0.25, 0.3) is 0 Å². The van der Waals surface area contributed by atoms with E-state index in [0.29, 0.717) is 12.8 Å². The summed E-state index contributed by atoms with van der Waals surface area (Å²) in [6.45, 7) is 4.41. The van der Waals surface area contributed by atoms with E-state index in [-0.39, 0.29) is 18.4 Å². The summed E-state index contributed by atoms with van der Waals surface area (Å²) in [5.74, 6) is -0.953. The minimum atomic E-state index is -0.659. The molecule has 4 N–H and O–H groups in total. The van der Waals surface area contributed by atoms with E-state index >= 15 is 0 Å². The molecule has 236 valence electrons. The second kappa shape index (κ2) is 30.4. The molecule has 0 bridgehead atoms. The van der Waals surface area contributed by atoms with E-state index in [1.165, 1.54) is 128 Å². The van der Waals surface area contributed by atoms with Gasteiger partial charge in [-0.3, -0.25) is 14.4 Å². The van der Waals surface area contributed by atoms with Gasteiger partial charge in [0, 0.05) is 6.42 Å².